The standard InChI is InChI=1S/C9H13N.C2HF3O2/c1-6-4-5-9(10)8(3)7(6)2;3-2(4,5)1(6)7/h4-5H,10H2,1-3H3;(H,6,7). The van der Waals surface area contributed by atoms with Gasteiger partial charge in [-0.15, -0.1) is 0 Å². The molecule has 1 aromatic carbocycles. The van der Waals surface area contributed by atoms with Crippen molar-refractivity contribution >= 4 is 11.7 Å². The molecule has 0 aliphatic heterocycles. The number of alkyl halides is 3. The topological polar surface area (TPSA) is 67.8 Å². The number of aryl methyl sites for hydroxylation is 1. The normalized spacial score (nSPS) is 10.5. The third-order valence-electron chi connectivity index (χ3n) is 2.40. The molecule has 0 heterocycles. The molecule has 0 unspecified atom stereocenters. The summed E-state index contributed by atoms with van der Waals surface area (Å²) in [6.07, 6.45) is -5.19. The quantitative estimate of drug-likeness (QED) is 0.738. The van der Waals surface area contributed by atoms with Gasteiger partial charge in [-0.3, -0.25) is 0 Å². The lowest BCUT2D eigenvalue weighted by molar-refractivity contribution is -0.344. The molecule has 0 saturated carbocycles. The van der Waals surface area contributed by atoms with Crippen LogP contribution in [0.5, 0.6) is 0 Å². The Kier molecular flexibility index (Phi) is 5.15. The fraction of sp³-hybridized carbons (Fsp3) is 0.364. The largest absolute Gasteiger partial charge is 0.542 e. The van der Waals surface area contributed by atoms with Crippen LogP contribution in [0.15, 0.2) is 12.1 Å². The Morgan fingerprint density at radius 3 is 1.88 bits per heavy atom. The van der Waals surface area contributed by atoms with Gasteiger partial charge < -0.3 is 15.6 Å². The van der Waals surface area contributed by atoms with Gasteiger partial charge in [-0.25, -0.2) is 0 Å². The van der Waals surface area contributed by atoms with Crippen LogP contribution >= 0.6 is 0 Å². The minimum Gasteiger partial charge on any atom is -0.542 e. The Morgan fingerprint density at radius 1 is 1.18 bits per heavy atom. The number of quaternary nitrogens is 1. The van der Waals surface area contributed by atoms with Gasteiger partial charge in [0.25, 0.3) is 0 Å². The second-order valence-electron chi connectivity index (χ2n) is 3.58. The van der Waals surface area contributed by atoms with E-state index in [9.17, 15) is 13.2 Å². The van der Waals surface area contributed by atoms with Crippen LogP contribution in [0.3, 0.4) is 0 Å². The van der Waals surface area contributed by atoms with Gasteiger partial charge in [0.2, 0.25) is 0 Å². The van der Waals surface area contributed by atoms with Crippen molar-refractivity contribution in [2.45, 2.75) is 26.9 Å². The Bertz CT molecular complexity index is 387. The van der Waals surface area contributed by atoms with E-state index in [1.54, 1.807) is 0 Å². The minimum atomic E-state index is -5.19. The highest BCUT2D eigenvalue weighted by Crippen LogP contribution is 2.16. The van der Waals surface area contributed by atoms with Crippen LogP contribution in [0.1, 0.15) is 16.7 Å². The maximum Gasteiger partial charge on any atom is 0.430 e. The fourth-order valence-electron chi connectivity index (χ4n) is 1.01. The molecule has 1 aromatic rings. The van der Waals surface area contributed by atoms with Gasteiger partial charge in [0.05, 0.1) is 0 Å². The number of carboxylic acid groups (broad SMARTS) is 1. The van der Waals surface area contributed by atoms with E-state index in [1.165, 1.54) is 16.7 Å². The molecule has 6 heteroatoms. The molecule has 0 fully saturated rings. The van der Waals surface area contributed by atoms with Gasteiger partial charge in [0.15, 0.2) is 0 Å². The Morgan fingerprint density at radius 2 is 1.59 bits per heavy atom. The third kappa shape index (κ3) is 4.86. The molecule has 3 N–H and O–H groups in total. The maximum atomic E-state index is 10.5. The van der Waals surface area contributed by atoms with E-state index in [2.05, 4.69) is 38.6 Å². The third-order valence-corrected chi connectivity index (χ3v) is 2.40. The molecule has 3 nitrogen and oxygen atoms in total. The summed E-state index contributed by atoms with van der Waals surface area (Å²) in [5.74, 6) is -3.01. The van der Waals surface area contributed by atoms with E-state index >= 15 is 0 Å². The summed E-state index contributed by atoms with van der Waals surface area (Å²) in [5, 5.41) is 8.78. The first-order valence-electron chi connectivity index (χ1n) is 4.74. The van der Waals surface area contributed by atoms with Crippen LogP contribution in [0.25, 0.3) is 0 Å². The first-order valence-corrected chi connectivity index (χ1v) is 4.74. The fourth-order valence-corrected chi connectivity index (χ4v) is 1.01. The smallest absolute Gasteiger partial charge is 0.430 e. The van der Waals surface area contributed by atoms with Crippen LogP contribution in [-0.2, 0) is 4.79 Å². The van der Waals surface area contributed by atoms with Crippen molar-refractivity contribution in [1.29, 1.82) is 0 Å². The van der Waals surface area contributed by atoms with Gasteiger partial charge >= 0.3 is 6.18 Å². The summed E-state index contributed by atoms with van der Waals surface area (Å²) in [4.78, 5) is 8.78. The van der Waals surface area contributed by atoms with Gasteiger partial charge in [-0.1, -0.05) is 6.07 Å². The monoisotopic (exact) mass is 249 g/mol. The molecule has 0 aliphatic rings. The SMILES string of the molecule is Cc1ccc([NH3+])c(C)c1C.O=C([O-])C(F)(F)F. The molecule has 0 aromatic heterocycles. The van der Waals surface area contributed by atoms with Crippen molar-refractivity contribution < 1.29 is 28.8 Å². The molecule has 0 radical (unpaired) electrons. The lowest BCUT2D eigenvalue weighted by Crippen LogP contribution is -2.41. The number of rotatable bonds is 0. The molecule has 96 valence electrons. The number of carboxylic acids is 1. The lowest BCUT2D eigenvalue weighted by atomic mass is 10.0. The molecule has 0 amide bonds. The van der Waals surface area contributed by atoms with Gasteiger partial charge in [0.1, 0.15) is 11.7 Å². The van der Waals surface area contributed by atoms with E-state index in [0.717, 1.165) is 5.69 Å². The Hall–Kier alpha value is -1.56. The van der Waals surface area contributed by atoms with Crippen molar-refractivity contribution in [2.75, 3.05) is 0 Å². The first-order chi connectivity index (χ1) is 7.57. The Balaban J connectivity index is 0.000000325. The minimum absolute atomic E-state index is 1.14. The highest BCUT2D eigenvalue weighted by Gasteiger charge is 2.28. The number of carbonyl (C=O) groups is 1. The van der Waals surface area contributed by atoms with Crippen LogP contribution in [-0.4, -0.2) is 12.1 Å². The highest BCUT2D eigenvalue weighted by molar-refractivity contribution is 5.70. The van der Waals surface area contributed by atoms with E-state index < -0.39 is 12.1 Å². The van der Waals surface area contributed by atoms with Crippen LogP contribution < -0.4 is 10.8 Å². The lowest BCUT2D eigenvalue weighted by Gasteiger charge is -2.03. The molecule has 0 aliphatic carbocycles. The van der Waals surface area contributed by atoms with Crippen LogP contribution in [0, 0.1) is 20.8 Å². The Labute approximate surface area is 97.1 Å². The number of hydrogen-bond acceptors (Lipinski definition) is 2. The van der Waals surface area contributed by atoms with Crippen molar-refractivity contribution in [3.63, 3.8) is 0 Å². The van der Waals surface area contributed by atoms with Crippen LogP contribution in [0.4, 0.5) is 18.9 Å². The zero-order chi connectivity index (χ0) is 13.8. The summed E-state index contributed by atoms with van der Waals surface area (Å²) < 4.78 is 31.5. The summed E-state index contributed by atoms with van der Waals surface area (Å²) in [6, 6.07) is 4.18. The predicted octanol–water partition coefficient (Wildman–Crippen LogP) is 0.784. The summed E-state index contributed by atoms with van der Waals surface area (Å²) >= 11 is 0. The average molecular weight is 249 g/mol. The summed E-state index contributed by atoms with van der Waals surface area (Å²) in [5.41, 5.74) is 9.10. The van der Waals surface area contributed by atoms with E-state index in [4.69, 9.17) is 9.90 Å². The number of halogens is 3. The molecular formula is C11H14F3NO2. The van der Waals surface area contributed by atoms with E-state index in [-0.39, 0.29) is 0 Å². The van der Waals surface area contributed by atoms with E-state index in [0.29, 0.717) is 0 Å². The van der Waals surface area contributed by atoms with Gasteiger partial charge in [0, 0.05) is 5.56 Å². The predicted molar refractivity (Wildman–Crippen MR) is 54.3 cm³/mol. The average Bonchev–Trinajstić information content (AvgIpc) is 2.20. The van der Waals surface area contributed by atoms with E-state index in [1.807, 2.05) is 0 Å². The number of benzene rings is 1. The highest BCUT2D eigenvalue weighted by atomic mass is 19.4. The molecular weight excluding hydrogens is 235 g/mol. The maximum absolute atomic E-state index is 10.5. The molecule has 0 saturated heterocycles. The zero-order valence-corrected chi connectivity index (χ0v) is 9.81. The van der Waals surface area contributed by atoms with Gasteiger partial charge in [-0.05, 0) is 38.0 Å². The van der Waals surface area contributed by atoms with Crippen molar-refractivity contribution in [3.8, 4) is 0 Å². The molecule has 0 atom stereocenters. The second kappa shape index (κ2) is 5.67. The summed E-state index contributed by atoms with van der Waals surface area (Å²) in [7, 11) is 0. The molecule has 1 rings (SSSR count). The number of hydrogen-bond donors (Lipinski definition) is 1. The van der Waals surface area contributed by atoms with Crippen molar-refractivity contribution in [3.05, 3.63) is 28.8 Å². The molecule has 0 bridgehead atoms. The van der Waals surface area contributed by atoms with Crippen molar-refractivity contribution in [1.82, 2.24) is 0 Å². The second-order valence-corrected chi connectivity index (χ2v) is 3.58. The first kappa shape index (κ1) is 15.4. The van der Waals surface area contributed by atoms with Crippen molar-refractivity contribution in [2.24, 2.45) is 0 Å². The number of aliphatic carboxylic acids is 1. The number of carbonyl (C=O) groups excluding carboxylic acids is 1. The molecule has 0 spiro atoms. The van der Waals surface area contributed by atoms with Gasteiger partial charge in [-0.2, -0.15) is 13.2 Å². The van der Waals surface area contributed by atoms with Crippen LogP contribution in [0.2, 0.25) is 0 Å². The summed E-state index contributed by atoms with van der Waals surface area (Å²) in [6.45, 7) is 6.38. The molecule has 17 heavy (non-hydrogen) atoms. The zero-order valence-electron chi connectivity index (χ0n) is 9.81.